The normalized spacial score (nSPS) is 10.5. The lowest BCUT2D eigenvalue weighted by Crippen LogP contribution is -2.09. The van der Waals surface area contributed by atoms with E-state index >= 15 is 0 Å². The van der Waals surface area contributed by atoms with E-state index in [1.807, 2.05) is 0 Å². The maximum Gasteiger partial charge on any atom is 0.296 e. The molecule has 0 fully saturated rings. The summed E-state index contributed by atoms with van der Waals surface area (Å²) in [5.41, 5.74) is 0.272. The fourth-order valence-corrected chi connectivity index (χ4v) is 2.08. The number of rotatable bonds is 7. The van der Waals surface area contributed by atoms with Crippen LogP contribution in [0.1, 0.15) is 12.5 Å². The molecule has 134 valence electrons. The lowest BCUT2D eigenvalue weighted by Gasteiger charge is -2.07. The second-order valence-electron chi connectivity index (χ2n) is 5.04. The molecule has 2 aromatic carbocycles. The standard InChI is InChI=1S/C17H15N3O6/c1-2-26-14-8-9-15(16(11-14)20(24)25)18-17(21)10-5-12-3-6-13(7-4-12)19(22)23/h3-11H,2H2,1H3,(H,18,21). The Labute approximate surface area is 148 Å². The minimum absolute atomic E-state index is 0.0387. The zero-order valence-electron chi connectivity index (χ0n) is 13.7. The summed E-state index contributed by atoms with van der Waals surface area (Å²) in [7, 11) is 0. The molecule has 0 saturated carbocycles. The molecule has 0 saturated heterocycles. The van der Waals surface area contributed by atoms with Crippen molar-refractivity contribution in [3.05, 3.63) is 74.3 Å². The molecule has 2 rings (SSSR count). The summed E-state index contributed by atoms with van der Waals surface area (Å²) in [4.78, 5) is 32.6. The van der Waals surface area contributed by atoms with Gasteiger partial charge in [-0.15, -0.1) is 0 Å². The average molecular weight is 357 g/mol. The van der Waals surface area contributed by atoms with Crippen LogP contribution in [-0.4, -0.2) is 22.4 Å². The van der Waals surface area contributed by atoms with Gasteiger partial charge in [-0.1, -0.05) is 0 Å². The van der Waals surface area contributed by atoms with E-state index in [2.05, 4.69) is 5.32 Å². The van der Waals surface area contributed by atoms with Crippen molar-refractivity contribution in [3.63, 3.8) is 0 Å². The zero-order valence-corrected chi connectivity index (χ0v) is 13.7. The number of carbonyl (C=O) groups is 1. The van der Waals surface area contributed by atoms with Crippen molar-refractivity contribution in [1.82, 2.24) is 0 Å². The summed E-state index contributed by atoms with van der Waals surface area (Å²) in [5.74, 6) is -0.241. The topological polar surface area (TPSA) is 125 Å². The first kappa shape index (κ1) is 18.6. The van der Waals surface area contributed by atoms with Gasteiger partial charge in [0, 0.05) is 18.2 Å². The van der Waals surface area contributed by atoms with Gasteiger partial charge < -0.3 is 10.1 Å². The van der Waals surface area contributed by atoms with E-state index in [-0.39, 0.29) is 17.1 Å². The number of hydrogen-bond donors (Lipinski definition) is 1. The van der Waals surface area contributed by atoms with Crippen LogP contribution in [0.5, 0.6) is 5.75 Å². The van der Waals surface area contributed by atoms with E-state index in [9.17, 15) is 25.0 Å². The Morgan fingerprint density at radius 2 is 1.81 bits per heavy atom. The number of nitro benzene ring substituents is 2. The first-order valence-corrected chi connectivity index (χ1v) is 7.55. The molecule has 1 amide bonds. The Hall–Kier alpha value is -3.75. The van der Waals surface area contributed by atoms with Gasteiger partial charge in [-0.25, -0.2) is 0 Å². The Bertz CT molecular complexity index is 861. The van der Waals surface area contributed by atoms with E-state index in [0.717, 1.165) is 0 Å². The van der Waals surface area contributed by atoms with E-state index in [1.54, 1.807) is 6.92 Å². The molecule has 0 aliphatic carbocycles. The molecule has 0 atom stereocenters. The zero-order chi connectivity index (χ0) is 19.1. The number of hydrogen-bond acceptors (Lipinski definition) is 6. The average Bonchev–Trinajstić information content (AvgIpc) is 2.61. The number of nitro groups is 2. The summed E-state index contributed by atoms with van der Waals surface area (Å²) >= 11 is 0. The minimum atomic E-state index is -0.613. The smallest absolute Gasteiger partial charge is 0.296 e. The molecule has 1 N–H and O–H groups in total. The Balaban J connectivity index is 2.11. The van der Waals surface area contributed by atoms with E-state index in [4.69, 9.17) is 4.74 Å². The van der Waals surface area contributed by atoms with Crippen molar-refractivity contribution in [1.29, 1.82) is 0 Å². The van der Waals surface area contributed by atoms with Crippen LogP contribution in [0.4, 0.5) is 17.1 Å². The second-order valence-corrected chi connectivity index (χ2v) is 5.04. The fourth-order valence-electron chi connectivity index (χ4n) is 2.08. The molecule has 26 heavy (non-hydrogen) atoms. The third-order valence-electron chi connectivity index (χ3n) is 3.27. The quantitative estimate of drug-likeness (QED) is 0.459. The molecule has 0 bridgehead atoms. The monoisotopic (exact) mass is 357 g/mol. The summed E-state index contributed by atoms with van der Waals surface area (Å²) < 4.78 is 5.21. The lowest BCUT2D eigenvalue weighted by molar-refractivity contribution is -0.384. The number of ether oxygens (including phenoxy) is 1. The summed E-state index contributed by atoms with van der Waals surface area (Å²) in [6.45, 7) is 2.12. The predicted molar refractivity (Wildman–Crippen MR) is 95.0 cm³/mol. The highest BCUT2D eigenvalue weighted by Crippen LogP contribution is 2.29. The molecule has 0 aliphatic rings. The molecule has 0 aromatic heterocycles. The van der Waals surface area contributed by atoms with Gasteiger partial charge in [-0.05, 0) is 42.8 Å². The first-order valence-electron chi connectivity index (χ1n) is 7.55. The largest absolute Gasteiger partial charge is 0.494 e. The fraction of sp³-hybridized carbons (Fsp3) is 0.118. The lowest BCUT2D eigenvalue weighted by atomic mass is 10.2. The molecular formula is C17H15N3O6. The number of amides is 1. The Kier molecular flexibility index (Phi) is 5.99. The highest BCUT2D eigenvalue weighted by Gasteiger charge is 2.16. The Morgan fingerprint density at radius 3 is 2.38 bits per heavy atom. The third kappa shape index (κ3) is 4.87. The van der Waals surface area contributed by atoms with Gasteiger partial charge in [0.2, 0.25) is 5.91 Å². The molecule has 9 heteroatoms. The number of nitrogens with one attached hydrogen (secondary N) is 1. The molecule has 0 spiro atoms. The Morgan fingerprint density at radius 1 is 1.12 bits per heavy atom. The van der Waals surface area contributed by atoms with Crippen molar-refractivity contribution >= 4 is 29.0 Å². The number of anilines is 1. The highest BCUT2D eigenvalue weighted by molar-refractivity contribution is 6.03. The number of benzene rings is 2. The molecule has 0 aliphatic heterocycles. The van der Waals surface area contributed by atoms with Crippen LogP contribution in [0.25, 0.3) is 6.08 Å². The van der Waals surface area contributed by atoms with Crippen LogP contribution in [0, 0.1) is 20.2 Å². The molecule has 0 radical (unpaired) electrons. The number of non-ortho nitro benzene ring substituents is 1. The molecule has 2 aromatic rings. The van der Waals surface area contributed by atoms with Gasteiger partial charge in [0.05, 0.1) is 22.5 Å². The molecular weight excluding hydrogens is 342 g/mol. The summed E-state index contributed by atoms with van der Waals surface area (Å²) in [5, 5.41) is 24.2. The maximum atomic E-state index is 12.0. The van der Waals surface area contributed by atoms with E-state index in [0.29, 0.717) is 17.9 Å². The maximum absolute atomic E-state index is 12.0. The first-order chi connectivity index (χ1) is 12.4. The van der Waals surface area contributed by atoms with Gasteiger partial charge in [0.15, 0.2) is 0 Å². The summed E-state index contributed by atoms with van der Waals surface area (Å²) in [6, 6.07) is 9.75. The van der Waals surface area contributed by atoms with Crippen molar-refractivity contribution in [2.24, 2.45) is 0 Å². The van der Waals surface area contributed by atoms with Crippen LogP contribution in [0.2, 0.25) is 0 Å². The van der Waals surface area contributed by atoms with Crippen molar-refractivity contribution in [2.45, 2.75) is 6.92 Å². The van der Waals surface area contributed by atoms with Crippen LogP contribution < -0.4 is 10.1 Å². The van der Waals surface area contributed by atoms with Crippen molar-refractivity contribution in [2.75, 3.05) is 11.9 Å². The van der Waals surface area contributed by atoms with Gasteiger partial charge >= 0.3 is 0 Å². The SMILES string of the molecule is CCOc1ccc(NC(=O)C=Cc2ccc([N+](=O)[O-])cc2)c([N+](=O)[O-])c1. The second kappa shape index (κ2) is 8.38. The van der Waals surface area contributed by atoms with Gasteiger partial charge in [-0.3, -0.25) is 25.0 Å². The number of carbonyl (C=O) groups excluding carboxylic acids is 1. The molecule has 0 heterocycles. The van der Waals surface area contributed by atoms with E-state index in [1.165, 1.54) is 54.6 Å². The van der Waals surface area contributed by atoms with Crippen LogP contribution in [0.15, 0.2) is 48.5 Å². The molecule has 9 nitrogen and oxygen atoms in total. The van der Waals surface area contributed by atoms with E-state index < -0.39 is 15.8 Å². The van der Waals surface area contributed by atoms with Gasteiger partial charge in [0.1, 0.15) is 11.4 Å². The third-order valence-corrected chi connectivity index (χ3v) is 3.27. The van der Waals surface area contributed by atoms with Crippen LogP contribution >= 0.6 is 0 Å². The van der Waals surface area contributed by atoms with Crippen LogP contribution in [-0.2, 0) is 4.79 Å². The summed E-state index contributed by atoms with van der Waals surface area (Å²) in [6.07, 6.45) is 2.63. The van der Waals surface area contributed by atoms with Crippen molar-refractivity contribution < 1.29 is 19.4 Å². The van der Waals surface area contributed by atoms with Crippen molar-refractivity contribution in [3.8, 4) is 5.75 Å². The van der Waals surface area contributed by atoms with Gasteiger partial charge in [0.25, 0.3) is 11.4 Å². The molecule has 0 unspecified atom stereocenters. The van der Waals surface area contributed by atoms with Crippen LogP contribution in [0.3, 0.4) is 0 Å². The predicted octanol–water partition coefficient (Wildman–Crippen LogP) is 3.55. The van der Waals surface area contributed by atoms with Gasteiger partial charge in [-0.2, -0.15) is 0 Å². The highest BCUT2D eigenvalue weighted by atomic mass is 16.6. The minimum Gasteiger partial charge on any atom is -0.494 e. The number of nitrogens with zero attached hydrogens (tertiary/aromatic N) is 2.